The van der Waals surface area contributed by atoms with Crippen molar-refractivity contribution >= 4 is 33.7 Å². The van der Waals surface area contributed by atoms with Crippen molar-refractivity contribution in [2.45, 2.75) is 76.2 Å². The number of piperazine rings is 1. The predicted octanol–water partition coefficient (Wildman–Crippen LogP) is 0.394. The highest BCUT2D eigenvalue weighted by molar-refractivity contribution is 7.89. The molecule has 0 radical (unpaired) electrons. The topological polar surface area (TPSA) is 212 Å². The van der Waals surface area contributed by atoms with Crippen LogP contribution in [-0.4, -0.2) is 107 Å². The maximum Gasteiger partial charge on any atom is 0.308 e. The molecule has 1 aliphatic rings. The minimum Gasteiger partial charge on any atom is -0.481 e. The van der Waals surface area contributed by atoms with Crippen LogP contribution >= 0.6 is 0 Å². The van der Waals surface area contributed by atoms with Crippen molar-refractivity contribution in [1.82, 2.24) is 30.9 Å². The fourth-order valence-electron chi connectivity index (χ4n) is 4.35. The zero-order chi connectivity index (χ0) is 34.2. The van der Waals surface area contributed by atoms with E-state index >= 15 is 0 Å². The molecule has 1 aromatic carbocycles. The van der Waals surface area contributed by atoms with Crippen LogP contribution in [0, 0.1) is 5.92 Å². The van der Waals surface area contributed by atoms with E-state index in [0.29, 0.717) is 19.4 Å². The molecule has 0 aliphatic carbocycles. The summed E-state index contributed by atoms with van der Waals surface area (Å²) < 4.78 is 27.0. The van der Waals surface area contributed by atoms with Gasteiger partial charge in [-0.25, -0.2) is 13.1 Å². The Kier molecular flexibility index (Phi) is 21.5. The van der Waals surface area contributed by atoms with E-state index in [0.717, 1.165) is 71.2 Å². The van der Waals surface area contributed by atoms with Crippen molar-refractivity contribution in [3.63, 3.8) is 0 Å². The monoisotopic (exact) mass is 669 g/mol. The number of carboxylic acids is 1. The van der Waals surface area contributed by atoms with Crippen LogP contribution in [0.25, 0.3) is 0 Å². The number of unbranched alkanes of at least 4 members (excludes halogenated alkanes) is 4. The van der Waals surface area contributed by atoms with Crippen molar-refractivity contribution in [3.8, 4) is 0 Å². The summed E-state index contributed by atoms with van der Waals surface area (Å²) in [5.41, 5.74) is 5.36. The maximum absolute atomic E-state index is 12.2. The van der Waals surface area contributed by atoms with Gasteiger partial charge in [0.15, 0.2) is 0 Å². The van der Waals surface area contributed by atoms with E-state index in [-0.39, 0.29) is 48.3 Å². The smallest absolute Gasteiger partial charge is 0.308 e. The minimum atomic E-state index is -3.55. The molecule has 1 heterocycles. The van der Waals surface area contributed by atoms with E-state index < -0.39 is 21.9 Å². The summed E-state index contributed by atoms with van der Waals surface area (Å²) in [6.07, 6.45) is 6.43. The SMILES string of the molecule is CC(CNC(=O)CCCCN1CCNCC1)NS(=O)(=O)c1ccccc1.C[C@@H](CNC(=O)CNC(=O)CCCCCCN)C(=O)O. The number of aliphatic carboxylic acids is 1. The number of benzene rings is 1. The third-order valence-electron chi connectivity index (χ3n) is 7.18. The molecular weight excluding hydrogens is 614 g/mol. The van der Waals surface area contributed by atoms with Gasteiger partial charge in [-0.05, 0) is 57.8 Å². The van der Waals surface area contributed by atoms with E-state index in [4.69, 9.17) is 10.8 Å². The van der Waals surface area contributed by atoms with Gasteiger partial charge >= 0.3 is 5.97 Å². The van der Waals surface area contributed by atoms with Crippen molar-refractivity contribution in [1.29, 1.82) is 0 Å². The van der Waals surface area contributed by atoms with Gasteiger partial charge in [-0.1, -0.05) is 38.0 Å². The van der Waals surface area contributed by atoms with Gasteiger partial charge in [-0.2, -0.15) is 0 Å². The van der Waals surface area contributed by atoms with Crippen molar-refractivity contribution in [2.75, 3.05) is 58.9 Å². The summed E-state index contributed by atoms with van der Waals surface area (Å²) in [4.78, 5) is 47.9. The molecule has 1 unspecified atom stereocenters. The molecule has 2 atom stereocenters. The number of nitrogens with one attached hydrogen (secondary N) is 5. The van der Waals surface area contributed by atoms with Crippen molar-refractivity contribution < 1.29 is 32.7 Å². The number of carbonyl (C=O) groups is 4. The summed E-state index contributed by atoms with van der Waals surface area (Å²) >= 11 is 0. The largest absolute Gasteiger partial charge is 0.481 e. The molecule has 14 nitrogen and oxygen atoms in total. The van der Waals surface area contributed by atoms with E-state index in [1.54, 1.807) is 37.3 Å². The zero-order valence-corrected chi connectivity index (χ0v) is 28.2. The molecule has 1 fully saturated rings. The van der Waals surface area contributed by atoms with E-state index in [1.165, 1.54) is 6.92 Å². The van der Waals surface area contributed by atoms with Crippen molar-refractivity contribution in [2.24, 2.45) is 11.7 Å². The third-order valence-corrected chi connectivity index (χ3v) is 8.79. The molecule has 2 rings (SSSR count). The van der Waals surface area contributed by atoms with Gasteiger partial charge in [0.25, 0.3) is 0 Å². The van der Waals surface area contributed by atoms with Crippen LogP contribution in [0.5, 0.6) is 0 Å². The number of rotatable bonds is 21. The van der Waals surface area contributed by atoms with Gasteiger partial charge in [0.2, 0.25) is 27.7 Å². The molecule has 1 aliphatic heterocycles. The number of carbonyl (C=O) groups excluding carboxylic acids is 3. The number of hydrogen-bond acceptors (Lipinski definition) is 9. The van der Waals surface area contributed by atoms with Crippen LogP contribution in [0.3, 0.4) is 0 Å². The lowest BCUT2D eigenvalue weighted by atomic mass is 10.1. The molecule has 0 saturated carbocycles. The Morgan fingerprint density at radius 1 is 0.848 bits per heavy atom. The Bertz CT molecular complexity index is 1130. The average molecular weight is 670 g/mol. The Morgan fingerprint density at radius 3 is 2.07 bits per heavy atom. The standard InChI is InChI=1S/C18H30N4O3S.C13H25N3O4/c1-16(21-26(24,25)17-7-3-2-4-8-17)15-20-18(23)9-5-6-12-22-13-10-19-11-14-22;1-10(13(19)20)8-15-12(18)9-16-11(17)6-4-2-3-5-7-14/h2-4,7-8,16,19,21H,5-6,9-15H2,1H3,(H,20,23);10H,2-9,14H2,1H3,(H,15,18)(H,16,17)(H,19,20)/t;10-/m.0/s1. The van der Waals surface area contributed by atoms with Gasteiger partial charge in [0, 0.05) is 58.2 Å². The first kappa shape index (κ1) is 40.9. The molecule has 0 bridgehead atoms. The highest BCUT2D eigenvalue weighted by Gasteiger charge is 2.17. The zero-order valence-electron chi connectivity index (χ0n) is 27.4. The summed E-state index contributed by atoms with van der Waals surface area (Å²) in [6.45, 7) is 9.39. The number of nitrogens with zero attached hydrogens (tertiary/aromatic N) is 1. The molecule has 0 spiro atoms. The summed E-state index contributed by atoms with van der Waals surface area (Å²) in [5, 5.41) is 19.7. The number of hydrogen-bond donors (Lipinski definition) is 7. The lowest BCUT2D eigenvalue weighted by Gasteiger charge is -2.26. The van der Waals surface area contributed by atoms with Crippen LogP contribution in [0.15, 0.2) is 35.2 Å². The number of carboxylic acid groups (broad SMARTS) is 1. The van der Waals surface area contributed by atoms with E-state index in [1.807, 2.05) is 0 Å². The predicted molar refractivity (Wildman–Crippen MR) is 177 cm³/mol. The van der Waals surface area contributed by atoms with Gasteiger partial charge in [-0.3, -0.25) is 19.2 Å². The first-order chi connectivity index (χ1) is 21.9. The maximum atomic E-state index is 12.2. The highest BCUT2D eigenvalue weighted by atomic mass is 32.2. The lowest BCUT2D eigenvalue weighted by Crippen LogP contribution is -2.43. The second-order valence-electron chi connectivity index (χ2n) is 11.5. The fraction of sp³-hybridized carbons (Fsp3) is 0.677. The van der Waals surface area contributed by atoms with E-state index in [2.05, 4.69) is 30.9 Å². The van der Waals surface area contributed by atoms with Crippen molar-refractivity contribution in [3.05, 3.63) is 30.3 Å². The second-order valence-corrected chi connectivity index (χ2v) is 13.2. The molecular formula is C31H55N7O7S. The molecule has 1 aromatic rings. The Morgan fingerprint density at radius 2 is 1.43 bits per heavy atom. The second kappa shape index (κ2) is 24.1. The molecule has 3 amide bonds. The fourth-order valence-corrected chi connectivity index (χ4v) is 5.62. The Labute approximate surface area is 274 Å². The summed E-state index contributed by atoms with van der Waals surface area (Å²) in [5.74, 6) is -2.19. The Balaban J connectivity index is 0.000000479. The van der Waals surface area contributed by atoms with E-state index in [9.17, 15) is 27.6 Å². The van der Waals surface area contributed by atoms with Crippen LogP contribution in [0.4, 0.5) is 0 Å². The van der Waals surface area contributed by atoms with Gasteiger partial charge in [0.05, 0.1) is 17.4 Å². The first-order valence-electron chi connectivity index (χ1n) is 16.2. The number of sulfonamides is 1. The molecule has 8 N–H and O–H groups in total. The van der Waals surface area contributed by atoms with Gasteiger partial charge < -0.3 is 37.0 Å². The highest BCUT2D eigenvalue weighted by Crippen LogP contribution is 2.08. The van der Waals surface area contributed by atoms with Gasteiger partial charge in [0.1, 0.15) is 0 Å². The van der Waals surface area contributed by atoms with Gasteiger partial charge in [-0.15, -0.1) is 0 Å². The van der Waals surface area contributed by atoms with Crippen LogP contribution < -0.4 is 31.7 Å². The van der Waals surface area contributed by atoms with Crippen LogP contribution in [0.2, 0.25) is 0 Å². The normalized spacial score (nSPS) is 14.7. The Hall–Kier alpha value is -3.11. The molecule has 15 heteroatoms. The third kappa shape index (κ3) is 20.1. The molecule has 1 saturated heterocycles. The number of nitrogens with two attached hydrogens (primary N) is 1. The number of amides is 3. The summed E-state index contributed by atoms with van der Waals surface area (Å²) in [7, 11) is -3.55. The average Bonchev–Trinajstić information content (AvgIpc) is 3.04. The molecule has 0 aromatic heterocycles. The quantitative estimate of drug-likeness (QED) is 0.0895. The van der Waals surface area contributed by atoms with Crippen LogP contribution in [-0.2, 0) is 29.2 Å². The minimum absolute atomic E-state index is 0.0314. The first-order valence-corrected chi connectivity index (χ1v) is 17.7. The lowest BCUT2D eigenvalue weighted by molar-refractivity contribution is -0.141. The van der Waals surface area contributed by atoms with Crippen LogP contribution in [0.1, 0.15) is 65.2 Å². The summed E-state index contributed by atoms with van der Waals surface area (Å²) in [6, 6.07) is 7.86. The molecule has 46 heavy (non-hydrogen) atoms. The molecule has 262 valence electrons.